The SMILES string of the molecule is CCNC(=NCC(C)(O)c1cccs1)NCCOCCOC.I. The van der Waals surface area contributed by atoms with E-state index in [2.05, 4.69) is 15.6 Å². The lowest BCUT2D eigenvalue weighted by Crippen LogP contribution is -2.40. The maximum atomic E-state index is 10.5. The number of hydrogen-bond donors (Lipinski definition) is 3. The van der Waals surface area contributed by atoms with E-state index in [0.717, 1.165) is 11.4 Å². The van der Waals surface area contributed by atoms with Gasteiger partial charge in [-0.3, -0.25) is 0 Å². The van der Waals surface area contributed by atoms with Crippen molar-refractivity contribution in [3.8, 4) is 0 Å². The molecule has 0 spiro atoms. The molecule has 0 aliphatic rings. The molecule has 0 bridgehead atoms. The van der Waals surface area contributed by atoms with Crippen LogP contribution in [0.25, 0.3) is 0 Å². The average Bonchev–Trinajstić information content (AvgIpc) is 3.03. The standard InChI is InChI=1S/C15H27N3O3S.HI/c1-4-16-14(17-7-8-21-10-9-20-3)18-12-15(2,19)13-6-5-11-22-13;/h5-6,11,19H,4,7-10,12H2,1-3H3,(H2,16,17,18);1H. The van der Waals surface area contributed by atoms with E-state index in [4.69, 9.17) is 9.47 Å². The Kier molecular flexibility index (Phi) is 12.7. The van der Waals surface area contributed by atoms with E-state index in [1.807, 2.05) is 24.4 Å². The smallest absolute Gasteiger partial charge is 0.191 e. The molecule has 3 N–H and O–H groups in total. The molecule has 0 radical (unpaired) electrons. The summed E-state index contributed by atoms with van der Waals surface area (Å²) in [4.78, 5) is 5.36. The van der Waals surface area contributed by atoms with Gasteiger partial charge in [0.25, 0.3) is 0 Å². The second-order valence-electron chi connectivity index (χ2n) is 4.98. The third-order valence-corrected chi connectivity index (χ3v) is 4.03. The Bertz CT molecular complexity index is 428. The molecule has 1 aromatic rings. The van der Waals surface area contributed by atoms with Crippen molar-refractivity contribution in [1.29, 1.82) is 0 Å². The van der Waals surface area contributed by atoms with Gasteiger partial charge in [-0.15, -0.1) is 35.3 Å². The van der Waals surface area contributed by atoms with E-state index >= 15 is 0 Å². The second-order valence-corrected chi connectivity index (χ2v) is 5.93. The predicted octanol–water partition coefficient (Wildman–Crippen LogP) is 1.79. The number of nitrogens with zero attached hydrogens (tertiary/aromatic N) is 1. The number of ether oxygens (including phenoxy) is 2. The fraction of sp³-hybridized carbons (Fsp3) is 0.667. The van der Waals surface area contributed by atoms with Gasteiger partial charge < -0.3 is 25.2 Å². The topological polar surface area (TPSA) is 75.1 Å². The molecule has 23 heavy (non-hydrogen) atoms. The maximum Gasteiger partial charge on any atom is 0.191 e. The van der Waals surface area contributed by atoms with Gasteiger partial charge in [0.1, 0.15) is 5.60 Å². The number of hydrogen-bond acceptors (Lipinski definition) is 5. The molecule has 134 valence electrons. The van der Waals surface area contributed by atoms with Crippen LogP contribution in [0.4, 0.5) is 0 Å². The van der Waals surface area contributed by atoms with Crippen LogP contribution in [0.5, 0.6) is 0 Å². The zero-order chi connectivity index (χ0) is 16.3. The molecule has 8 heteroatoms. The van der Waals surface area contributed by atoms with E-state index in [-0.39, 0.29) is 24.0 Å². The Morgan fingerprint density at radius 2 is 2.13 bits per heavy atom. The highest BCUT2D eigenvalue weighted by molar-refractivity contribution is 14.0. The van der Waals surface area contributed by atoms with Gasteiger partial charge in [-0.05, 0) is 25.3 Å². The van der Waals surface area contributed by atoms with E-state index in [1.54, 1.807) is 14.0 Å². The summed E-state index contributed by atoms with van der Waals surface area (Å²) in [6.45, 7) is 7.25. The third-order valence-electron chi connectivity index (χ3n) is 2.91. The molecule has 0 saturated heterocycles. The van der Waals surface area contributed by atoms with Crippen molar-refractivity contribution in [2.24, 2.45) is 4.99 Å². The quantitative estimate of drug-likeness (QED) is 0.216. The minimum absolute atomic E-state index is 0. The van der Waals surface area contributed by atoms with Gasteiger partial charge in [0.15, 0.2) is 5.96 Å². The number of rotatable bonds is 10. The van der Waals surface area contributed by atoms with Crippen molar-refractivity contribution < 1.29 is 14.6 Å². The van der Waals surface area contributed by atoms with Gasteiger partial charge in [0.2, 0.25) is 0 Å². The summed E-state index contributed by atoms with van der Waals surface area (Å²) in [5, 5.41) is 18.8. The first-order valence-corrected chi connectivity index (χ1v) is 8.33. The number of guanidine groups is 1. The minimum atomic E-state index is -0.953. The molecule has 0 aliphatic carbocycles. The summed E-state index contributed by atoms with van der Waals surface area (Å²) < 4.78 is 10.3. The molecule has 0 amide bonds. The number of halogens is 1. The predicted molar refractivity (Wildman–Crippen MR) is 106 cm³/mol. The molecule has 0 aromatic carbocycles. The molecule has 1 heterocycles. The summed E-state index contributed by atoms with van der Waals surface area (Å²) in [6, 6.07) is 3.85. The van der Waals surface area contributed by atoms with Gasteiger partial charge in [0.05, 0.1) is 26.4 Å². The lowest BCUT2D eigenvalue weighted by molar-refractivity contribution is 0.0706. The van der Waals surface area contributed by atoms with E-state index < -0.39 is 5.60 Å². The van der Waals surface area contributed by atoms with Crippen LogP contribution in [0.3, 0.4) is 0 Å². The number of methoxy groups -OCH3 is 1. The molecule has 1 rings (SSSR count). The molecule has 1 atom stereocenters. The monoisotopic (exact) mass is 457 g/mol. The highest BCUT2D eigenvalue weighted by atomic mass is 127. The molecule has 0 saturated carbocycles. The van der Waals surface area contributed by atoms with Gasteiger partial charge in [-0.25, -0.2) is 4.99 Å². The number of aliphatic hydroxyl groups is 1. The molecule has 6 nitrogen and oxygen atoms in total. The molecule has 1 aromatic heterocycles. The average molecular weight is 457 g/mol. The first kappa shape index (κ1) is 22.6. The zero-order valence-corrected chi connectivity index (χ0v) is 17.1. The number of thiophene rings is 1. The van der Waals surface area contributed by atoms with Crippen LogP contribution in [-0.4, -0.2) is 57.6 Å². The van der Waals surface area contributed by atoms with Crippen LogP contribution >= 0.6 is 35.3 Å². The molecular weight excluding hydrogens is 429 g/mol. The van der Waals surface area contributed by atoms with Crippen LogP contribution in [-0.2, 0) is 15.1 Å². The Hall–Kier alpha value is -0.420. The van der Waals surface area contributed by atoms with Crippen molar-refractivity contribution in [2.75, 3.05) is 46.6 Å². The van der Waals surface area contributed by atoms with Crippen LogP contribution in [0.15, 0.2) is 22.5 Å². The van der Waals surface area contributed by atoms with Gasteiger partial charge in [-0.2, -0.15) is 0 Å². The van der Waals surface area contributed by atoms with Crippen LogP contribution in [0.2, 0.25) is 0 Å². The largest absolute Gasteiger partial charge is 0.383 e. The molecule has 0 fully saturated rings. The van der Waals surface area contributed by atoms with E-state index in [1.165, 1.54) is 11.3 Å². The normalized spacial score (nSPS) is 14.0. The van der Waals surface area contributed by atoms with Crippen molar-refractivity contribution >= 4 is 41.3 Å². The van der Waals surface area contributed by atoms with Gasteiger partial charge in [0, 0.05) is 25.1 Å². The Balaban J connectivity index is 0.00000484. The van der Waals surface area contributed by atoms with Gasteiger partial charge in [-0.1, -0.05) is 6.07 Å². The summed E-state index contributed by atoms with van der Waals surface area (Å²) in [7, 11) is 1.65. The van der Waals surface area contributed by atoms with E-state index in [9.17, 15) is 5.11 Å². The minimum Gasteiger partial charge on any atom is -0.383 e. The Morgan fingerprint density at radius 3 is 2.74 bits per heavy atom. The van der Waals surface area contributed by atoms with Crippen molar-refractivity contribution in [3.05, 3.63) is 22.4 Å². The number of aliphatic imine (C=N–C) groups is 1. The number of nitrogens with one attached hydrogen (secondary N) is 2. The van der Waals surface area contributed by atoms with Crippen molar-refractivity contribution in [2.45, 2.75) is 19.4 Å². The summed E-state index contributed by atoms with van der Waals surface area (Å²) in [5.74, 6) is 0.676. The summed E-state index contributed by atoms with van der Waals surface area (Å²) in [6.07, 6.45) is 0. The second kappa shape index (κ2) is 12.9. The van der Waals surface area contributed by atoms with Crippen molar-refractivity contribution in [3.63, 3.8) is 0 Å². The lowest BCUT2D eigenvalue weighted by Gasteiger charge is -2.20. The Labute approximate surface area is 159 Å². The van der Waals surface area contributed by atoms with Gasteiger partial charge >= 0.3 is 0 Å². The first-order chi connectivity index (χ1) is 10.6. The molecule has 0 aliphatic heterocycles. The van der Waals surface area contributed by atoms with Crippen LogP contribution in [0.1, 0.15) is 18.7 Å². The molecular formula is C15H28IN3O3S. The summed E-state index contributed by atoms with van der Waals surface area (Å²) >= 11 is 1.53. The fourth-order valence-electron chi connectivity index (χ4n) is 1.72. The lowest BCUT2D eigenvalue weighted by atomic mass is 10.1. The highest BCUT2D eigenvalue weighted by Gasteiger charge is 2.23. The van der Waals surface area contributed by atoms with Crippen LogP contribution in [0, 0.1) is 0 Å². The van der Waals surface area contributed by atoms with E-state index in [0.29, 0.717) is 38.9 Å². The molecule has 1 unspecified atom stereocenters. The zero-order valence-electron chi connectivity index (χ0n) is 14.0. The third kappa shape index (κ3) is 9.46. The highest BCUT2D eigenvalue weighted by Crippen LogP contribution is 2.25. The Morgan fingerprint density at radius 1 is 1.35 bits per heavy atom. The summed E-state index contributed by atoms with van der Waals surface area (Å²) in [5.41, 5.74) is -0.953. The fourth-order valence-corrected chi connectivity index (χ4v) is 2.50. The maximum absolute atomic E-state index is 10.5. The van der Waals surface area contributed by atoms with Crippen LogP contribution < -0.4 is 10.6 Å². The first-order valence-electron chi connectivity index (χ1n) is 7.45. The van der Waals surface area contributed by atoms with Crippen molar-refractivity contribution in [1.82, 2.24) is 10.6 Å².